The molecular formula is C19H31F2N3O3. The summed E-state index contributed by atoms with van der Waals surface area (Å²) in [6, 6.07) is 0.320. The van der Waals surface area contributed by atoms with Gasteiger partial charge in [-0.05, 0) is 45.7 Å². The van der Waals surface area contributed by atoms with Gasteiger partial charge in [0.05, 0.1) is 19.8 Å². The van der Waals surface area contributed by atoms with Gasteiger partial charge in [-0.15, -0.1) is 0 Å². The third kappa shape index (κ3) is 3.68. The van der Waals surface area contributed by atoms with E-state index in [9.17, 15) is 18.7 Å². The Labute approximate surface area is 159 Å². The Bertz CT molecular complexity index is 554. The van der Waals surface area contributed by atoms with E-state index in [1.54, 1.807) is 4.90 Å². The molecule has 4 aliphatic rings. The molecule has 27 heavy (non-hydrogen) atoms. The molecule has 8 heteroatoms. The first-order chi connectivity index (χ1) is 12.8. The van der Waals surface area contributed by atoms with Crippen molar-refractivity contribution in [2.24, 2.45) is 5.41 Å². The molecule has 6 nitrogen and oxygen atoms in total. The van der Waals surface area contributed by atoms with Crippen molar-refractivity contribution in [3.63, 3.8) is 0 Å². The highest BCUT2D eigenvalue weighted by Gasteiger charge is 2.56. The lowest BCUT2D eigenvalue weighted by Gasteiger charge is -2.61. The summed E-state index contributed by atoms with van der Waals surface area (Å²) in [7, 11) is 0. The number of amides is 1. The van der Waals surface area contributed by atoms with Gasteiger partial charge < -0.3 is 19.6 Å². The fraction of sp³-hybridized carbons (Fsp3) is 0.947. The molecule has 1 spiro atoms. The van der Waals surface area contributed by atoms with Crippen molar-refractivity contribution in [1.29, 1.82) is 0 Å². The molecule has 154 valence electrons. The number of rotatable bonds is 4. The van der Waals surface area contributed by atoms with Gasteiger partial charge in [-0.3, -0.25) is 4.90 Å². The predicted octanol–water partition coefficient (Wildman–Crippen LogP) is 1.77. The smallest absolute Gasteiger partial charge is 0.409 e. The lowest BCUT2D eigenvalue weighted by Crippen LogP contribution is -2.68. The van der Waals surface area contributed by atoms with Crippen molar-refractivity contribution in [3.05, 3.63) is 0 Å². The fourth-order valence-electron chi connectivity index (χ4n) is 5.67. The van der Waals surface area contributed by atoms with Crippen molar-refractivity contribution in [3.8, 4) is 0 Å². The number of hydrogen-bond acceptors (Lipinski definition) is 5. The largest absolute Gasteiger partial charge is 0.450 e. The minimum absolute atomic E-state index is 0.156. The topological polar surface area (TPSA) is 56.2 Å². The molecule has 1 amide bonds. The Hall–Kier alpha value is -0.990. The number of nitrogens with zero attached hydrogens (tertiary/aromatic N) is 3. The molecule has 3 saturated heterocycles. The minimum Gasteiger partial charge on any atom is -0.450 e. The zero-order valence-corrected chi connectivity index (χ0v) is 16.1. The molecule has 0 radical (unpaired) electrons. The number of likely N-dealkylation sites (tertiary alicyclic amines) is 3. The summed E-state index contributed by atoms with van der Waals surface area (Å²) in [5.41, 5.74) is 0.285. The van der Waals surface area contributed by atoms with Gasteiger partial charge in [0.2, 0.25) is 0 Å². The number of hydrogen-bond donors (Lipinski definition) is 1. The maximum atomic E-state index is 13.7. The lowest BCUT2D eigenvalue weighted by atomic mass is 9.60. The average Bonchev–Trinajstić information content (AvgIpc) is 2.88. The quantitative estimate of drug-likeness (QED) is 0.797. The molecule has 0 aromatic carbocycles. The van der Waals surface area contributed by atoms with Crippen LogP contribution in [0.1, 0.15) is 39.0 Å². The van der Waals surface area contributed by atoms with E-state index in [4.69, 9.17) is 4.74 Å². The number of halogens is 2. The van der Waals surface area contributed by atoms with Gasteiger partial charge in [0, 0.05) is 43.1 Å². The van der Waals surface area contributed by atoms with Gasteiger partial charge in [-0.25, -0.2) is 13.6 Å². The molecule has 0 unspecified atom stereocenters. The monoisotopic (exact) mass is 387 g/mol. The van der Waals surface area contributed by atoms with Crippen LogP contribution in [0.5, 0.6) is 0 Å². The SMILES string of the molecule is CCOC(=O)N1CC2(CC(N3CCC(N4CC(F)(F)C[C@@H]4CO)CC3)C2)C1. The minimum atomic E-state index is -2.67. The second kappa shape index (κ2) is 7.12. The number of carbonyl (C=O) groups excluding carboxylic acids is 1. The number of carbonyl (C=O) groups is 1. The zero-order chi connectivity index (χ0) is 19.2. The third-order valence-electron chi connectivity index (χ3n) is 7.03. The van der Waals surface area contributed by atoms with Gasteiger partial charge >= 0.3 is 6.09 Å². The van der Waals surface area contributed by atoms with Crippen LogP contribution in [0.3, 0.4) is 0 Å². The fourth-order valence-corrected chi connectivity index (χ4v) is 5.67. The van der Waals surface area contributed by atoms with Crippen LogP contribution in [0.15, 0.2) is 0 Å². The van der Waals surface area contributed by atoms with E-state index in [2.05, 4.69) is 4.90 Å². The maximum absolute atomic E-state index is 13.7. The summed E-state index contributed by atoms with van der Waals surface area (Å²) in [6.07, 6.45) is 3.61. The van der Waals surface area contributed by atoms with E-state index in [1.165, 1.54) is 0 Å². The van der Waals surface area contributed by atoms with Gasteiger partial charge in [0.25, 0.3) is 5.92 Å². The summed E-state index contributed by atoms with van der Waals surface area (Å²) in [5.74, 6) is -2.67. The van der Waals surface area contributed by atoms with E-state index < -0.39 is 12.0 Å². The van der Waals surface area contributed by atoms with Crippen LogP contribution in [0.25, 0.3) is 0 Å². The highest BCUT2D eigenvalue weighted by Crippen LogP contribution is 2.51. The van der Waals surface area contributed by atoms with E-state index in [-0.39, 0.29) is 37.1 Å². The van der Waals surface area contributed by atoms with Crippen LogP contribution in [0, 0.1) is 5.41 Å². The number of aliphatic hydroxyl groups excluding tert-OH is 1. The van der Waals surface area contributed by atoms with Crippen LogP contribution in [-0.2, 0) is 4.74 Å². The molecule has 3 aliphatic heterocycles. The van der Waals surface area contributed by atoms with Crippen molar-refractivity contribution in [2.45, 2.75) is 63.1 Å². The molecule has 0 aromatic heterocycles. The second-order valence-electron chi connectivity index (χ2n) is 8.95. The van der Waals surface area contributed by atoms with Crippen molar-refractivity contribution >= 4 is 6.09 Å². The highest BCUT2D eigenvalue weighted by atomic mass is 19.3. The summed E-state index contributed by atoms with van der Waals surface area (Å²) in [4.78, 5) is 17.8. The number of alkyl halides is 2. The van der Waals surface area contributed by atoms with E-state index in [0.29, 0.717) is 12.6 Å². The van der Waals surface area contributed by atoms with Gasteiger partial charge in [0.15, 0.2) is 0 Å². The van der Waals surface area contributed by atoms with Gasteiger partial charge in [-0.1, -0.05) is 0 Å². The molecular weight excluding hydrogens is 356 g/mol. The van der Waals surface area contributed by atoms with E-state index in [1.807, 2.05) is 11.8 Å². The van der Waals surface area contributed by atoms with Crippen LogP contribution in [-0.4, -0.2) is 95.9 Å². The second-order valence-corrected chi connectivity index (χ2v) is 8.95. The Morgan fingerprint density at radius 1 is 1.11 bits per heavy atom. The van der Waals surface area contributed by atoms with Crippen molar-refractivity contribution in [2.75, 3.05) is 45.9 Å². The number of aliphatic hydroxyl groups is 1. The first kappa shape index (κ1) is 19.3. The molecule has 0 bridgehead atoms. The molecule has 1 atom stereocenters. The van der Waals surface area contributed by atoms with Crippen molar-refractivity contribution < 1.29 is 23.4 Å². The molecule has 1 saturated carbocycles. The van der Waals surface area contributed by atoms with Crippen LogP contribution in [0.2, 0.25) is 0 Å². The van der Waals surface area contributed by atoms with Crippen LogP contribution >= 0.6 is 0 Å². The summed E-state index contributed by atoms with van der Waals surface area (Å²) in [5, 5.41) is 9.45. The average molecular weight is 387 g/mol. The van der Waals surface area contributed by atoms with Crippen LogP contribution < -0.4 is 0 Å². The molecule has 4 fully saturated rings. The summed E-state index contributed by atoms with van der Waals surface area (Å²) in [6.45, 7) is 5.33. The maximum Gasteiger partial charge on any atom is 0.409 e. The van der Waals surface area contributed by atoms with Crippen LogP contribution in [0.4, 0.5) is 13.6 Å². The first-order valence-corrected chi connectivity index (χ1v) is 10.2. The van der Waals surface area contributed by atoms with E-state index >= 15 is 0 Å². The Morgan fingerprint density at radius 2 is 1.78 bits per heavy atom. The first-order valence-electron chi connectivity index (χ1n) is 10.2. The zero-order valence-electron chi connectivity index (χ0n) is 16.1. The molecule has 4 rings (SSSR count). The van der Waals surface area contributed by atoms with Gasteiger partial charge in [0.1, 0.15) is 0 Å². The summed E-state index contributed by atoms with van der Waals surface area (Å²) >= 11 is 0. The molecule has 1 N–H and O–H groups in total. The number of ether oxygens (including phenoxy) is 1. The normalized spacial score (nSPS) is 31.7. The summed E-state index contributed by atoms with van der Waals surface area (Å²) < 4.78 is 32.5. The number of piperidine rings is 1. The van der Waals surface area contributed by atoms with E-state index in [0.717, 1.165) is 51.9 Å². The van der Waals surface area contributed by atoms with Crippen molar-refractivity contribution in [1.82, 2.24) is 14.7 Å². The molecule has 0 aromatic rings. The standard InChI is InChI=1S/C19H31F2N3O3/c1-2-27-17(26)23-11-18(12-23)7-15(8-18)22-5-3-14(4-6-22)24-13-19(20,21)9-16(24)10-25/h14-16,25H,2-13H2,1H3/t16-/m1/s1. The Kier molecular flexibility index (Phi) is 5.10. The third-order valence-corrected chi connectivity index (χ3v) is 7.03. The molecule has 3 heterocycles. The highest BCUT2D eigenvalue weighted by molar-refractivity contribution is 5.69. The molecule has 1 aliphatic carbocycles. The Balaban J connectivity index is 1.21. The predicted molar refractivity (Wildman–Crippen MR) is 95.8 cm³/mol. The van der Waals surface area contributed by atoms with Gasteiger partial charge in [-0.2, -0.15) is 0 Å². The Morgan fingerprint density at radius 3 is 2.37 bits per heavy atom. The lowest BCUT2D eigenvalue weighted by molar-refractivity contribution is -0.106.